The molecule has 6 nitrogen and oxygen atoms in total. The molecule has 1 atom stereocenters. The molecule has 27 heavy (non-hydrogen) atoms. The number of aryl methyl sites for hydroxylation is 1. The Bertz CT molecular complexity index is 983. The summed E-state index contributed by atoms with van der Waals surface area (Å²) in [4.78, 5) is 18.7. The van der Waals surface area contributed by atoms with Crippen LogP contribution in [0.25, 0.3) is 5.65 Å². The lowest BCUT2D eigenvalue weighted by Crippen LogP contribution is -2.28. The van der Waals surface area contributed by atoms with E-state index < -0.39 is 5.97 Å². The number of fused-ring (bicyclic) bond motifs is 1. The monoisotopic (exact) mass is 364 g/mol. The topological polar surface area (TPSA) is 59.7 Å². The first-order valence-corrected chi connectivity index (χ1v) is 9.35. The van der Waals surface area contributed by atoms with Crippen molar-refractivity contribution in [3.05, 3.63) is 59.5 Å². The normalized spacial score (nSPS) is 19.6. The summed E-state index contributed by atoms with van der Waals surface area (Å²) in [5.74, 6) is -0.382. The Morgan fingerprint density at radius 1 is 1.30 bits per heavy atom. The van der Waals surface area contributed by atoms with Crippen molar-refractivity contribution < 1.29 is 9.53 Å². The van der Waals surface area contributed by atoms with Gasteiger partial charge in [0.2, 0.25) is 0 Å². The van der Waals surface area contributed by atoms with Gasteiger partial charge in [0.05, 0.1) is 18.5 Å². The van der Waals surface area contributed by atoms with E-state index in [4.69, 9.17) is 4.74 Å². The third-order valence-electron chi connectivity index (χ3n) is 5.37. The fourth-order valence-electron chi connectivity index (χ4n) is 3.84. The summed E-state index contributed by atoms with van der Waals surface area (Å²) in [6.45, 7) is 8.33. The van der Waals surface area contributed by atoms with Crippen LogP contribution >= 0.6 is 0 Å². The Morgan fingerprint density at radius 3 is 2.81 bits per heavy atom. The third kappa shape index (κ3) is 3.16. The van der Waals surface area contributed by atoms with E-state index in [9.17, 15) is 4.79 Å². The fourth-order valence-corrected chi connectivity index (χ4v) is 3.84. The molecular weight excluding hydrogens is 340 g/mol. The lowest BCUT2D eigenvalue weighted by molar-refractivity contribution is 0.0512. The number of anilines is 1. The Morgan fingerprint density at radius 2 is 2.07 bits per heavy atom. The highest BCUT2D eigenvalue weighted by Crippen LogP contribution is 2.36. The molecule has 1 aliphatic heterocycles. The zero-order valence-electron chi connectivity index (χ0n) is 16.0. The quantitative estimate of drug-likeness (QED) is 0.664. The molecule has 2 aromatic heterocycles. The molecule has 0 aliphatic carbocycles. The summed E-state index contributed by atoms with van der Waals surface area (Å²) in [6.07, 6.45) is 3.05. The van der Waals surface area contributed by atoms with Crippen molar-refractivity contribution in [1.82, 2.24) is 14.6 Å². The van der Waals surface area contributed by atoms with Crippen LogP contribution in [0.1, 0.15) is 42.0 Å². The molecule has 0 radical (unpaired) electrons. The summed E-state index contributed by atoms with van der Waals surface area (Å²) >= 11 is 0. The first-order chi connectivity index (χ1) is 13.0. The van der Waals surface area contributed by atoms with E-state index in [0.29, 0.717) is 12.3 Å². The number of aromatic nitrogens is 3. The summed E-state index contributed by atoms with van der Waals surface area (Å²) in [6, 6.07) is 12.8. The molecule has 1 aromatic carbocycles. The van der Waals surface area contributed by atoms with E-state index in [2.05, 4.69) is 58.3 Å². The van der Waals surface area contributed by atoms with Gasteiger partial charge < -0.3 is 9.64 Å². The van der Waals surface area contributed by atoms with Crippen LogP contribution in [0.5, 0.6) is 0 Å². The highest BCUT2D eigenvalue weighted by Gasteiger charge is 2.35. The molecule has 6 heteroatoms. The number of hydrogen-bond donors (Lipinski definition) is 0. The molecule has 1 aliphatic rings. The predicted molar refractivity (Wildman–Crippen MR) is 104 cm³/mol. The van der Waals surface area contributed by atoms with Gasteiger partial charge in [-0.2, -0.15) is 0 Å². The highest BCUT2D eigenvalue weighted by molar-refractivity contribution is 5.86. The van der Waals surface area contributed by atoms with Gasteiger partial charge in [-0.05, 0) is 37.5 Å². The minimum Gasteiger partial charge on any atom is -0.460 e. The minimum absolute atomic E-state index is 0.104. The maximum atomic E-state index is 11.9. The number of carbonyl (C=O) groups is 1. The van der Waals surface area contributed by atoms with E-state index in [-0.39, 0.29) is 11.2 Å². The van der Waals surface area contributed by atoms with Crippen molar-refractivity contribution >= 4 is 17.3 Å². The lowest BCUT2D eigenvalue weighted by atomic mass is 9.82. The zero-order chi connectivity index (χ0) is 19.0. The van der Waals surface area contributed by atoms with Crippen LogP contribution in [0, 0.1) is 6.92 Å². The summed E-state index contributed by atoms with van der Waals surface area (Å²) in [5.41, 5.74) is 4.27. The summed E-state index contributed by atoms with van der Waals surface area (Å²) in [5, 5.41) is 4.32. The molecule has 1 saturated heterocycles. The SMILES string of the molecule is CCOC(=O)c1nc2c(C)cc(N3CC[C@](C)(c4ccccc4)C3)cn2n1. The smallest absolute Gasteiger partial charge is 0.378 e. The number of carbonyl (C=O) groups excluding carboxylic acids is 1. The first-order valence-electron chi connectivity index (χ1n) is 9.35. The van der Waals surface area contributed by atoms with E-state index in [1.54, 1.807) is 11.4 Å². The average molecular weight is 364 g/mol. The standard InChI is InChI=1S/C21H24N4O2/c1-4-27-20(26)18-22-19-15(2)12-17(13-25(19)23-18)24-11-10-21(3,14-24)16-8-6-5-7-9-16/h5-9,12-13H,4,10-11,14H2,1-3H3/t21-/m0/s1. The number of esters is 1. The number of hydrogen-bond acceptors (Lipinski definition) is 5. The van der Waals surface area contributed by atoms with Crippen molar-refractivity contribution in [2.45, 2.75) is 32.6 Å². The summed E-state index contributed by atoms with van der Waals surface area (Å²) < 4.78 is 6.71. The molecule has 0 bridgehead atoms. The average Bonchev–Trinajstić information content (AvgIpc) is 3.28. The second-order valence-electron chi connectivity index (χ2n) is 7.40. The van der Waals surface area contributed by atoms with Crippen LogP contribution < -0.4 is 4.90 Å². The Kier molecular flexibility index (Phi) is 4.34. The van der Waals surface area contributed by atoms with E-state index in [1.165, 1.54) is 5.56 Å². The highest BCUT2D eigenvalue weighted by atomic mass is 16.5. The molecule has 1 fully saturated rings. The number of benzene rings is 1. The number of pyridine rings is 1. The van der Waals surface area contributed by atoms with Gasteiger partial charge in [-0.3, -0.25) is 0 Å². The van der Waals surface area contributed by atoms with Crippen molar-refractivity contribution in [3.8, 4) is 0 Å². The summed E-state index contributed by atoms with van der Waals surface area (Å²) in [7, 11) is 0. The first kappa shape index (κ1) is 17.5. The Hall–Kier alpha value is -2.89. The zero-order valence-corrected chi connectivity index (χ0v) is 16.0. The molecule has 0 amide bonds. The molecule has 4 rings (SSSR count). The molecular formula is C21H24N4O2. The largest absolute Gasteiger partial charge is 0.460 e. The minimum atomic E-state index is -0.486. The fraction of sp³-hybridized carbons (Fsp3) is 0.381. The molecule has 0 unspecified atom stereocenters. The van der Waals surface area contributed by atoms with E-state index in [1.807, 2.05) is 13.1 Å². The van der Waals surface area contributed by atoms with Crippen LogP contribution in [0.3, 0.4) is 0 Å². The maximum Gasteiger partial charge on any atom is 0.378 e. The van der Waals surface area contributed by atoms with Gasteiger partial charge in [-0.25, -0.2) is 14.3 Å². The van der Waals surface area contributed by atoms with Crippen LogP contribution in [-0.2, 0) is 10.2 Å². The van der Waals surface area contributed by atoms with Crippen LogP contribution in [0.4, 0.5) is 5.69 Å². The lowest BCUT2D eigenvalue weighted by Gasteiger charge is -2.26. The molecule has 3 aromatic rings. The Balaban J connectivity index is 1.64. The van der Waals surface area contributed by atoms with Crippen molar-refractivity contribution in [1.29, 1.82) is 0 Å². The van der Waals surface area contributed by atoms with Crippen molar-refractivity contribution in [2.24, 2.45) is 0 Å². The Labute approximate surface area is 158 Å². The molecule has 0 saturated carbocycles. The second kappa shape index (κ2) is 6.68. The van der Waals surface area contributed by atoms with Gasteiger partial charge in [-0.15, -0.1) is 5.10 Å². The van der Waals surface area contributed by atoms with E-state index >= 15 is 0 Å². The number of ether oxygens (including phenoxy) is 1. The van der Waals surface area contributed by atoms with Gasteiger partial charge in [0.25, 0.3) is 5.82 Å². The van der Waals surface area contributed by atoms with E-state index in [0.717, 1.165) is 30.8 Å². The van der Waals surface area contributed by atoms with Crippen LogP contribution in [0.15, 0.2) is 42.6 Å². The maximum absolute atomic E-state index is 11.9. The molecule has 140 valence electrons. The second-order valence-corrected chi connectivity index (χ2v) is 7.40. The number of rotatable bonds is 4. The van der Waals surface area contributed by atoms with Crippen molar-refractivity contribution in [3.63, 3.8) is 0 Å². The van der Waals surface area contributed by atoms with Gasteiger partial charge in [0, 0.05) is 18.5 Å². The van der Waals surface area contributed by atoms with Crippen LogP contribution in [0.2, 0.25) is 0 Å². The predicted octanol–water partition coefficient (Wildman–Crippen LogP) is 3.38. The van der Waals surface area contributed by atoms with Crippen molar-refractivity contribution in [2.75, 3.05) is 24.6 Å². The third-order valence-corrected chi connectivity index (χ3v) is 5.37. The van der Waals surface area contributed by atoms with Gasteiger partial charge in [0.1, 0.15) is 0 Å². The van der Waals surface area contributed by atoms with Gasteiger partial charge in [0.15, 0.2) is 5.65 Å². The molecule has 0 N–H and O–H groups in total. The molecule has 3 heterocycles. The van der Waals surface area contributed by atoms with Gasteiger partial charge >= 0.3 is 5.97 Å². The molecule has 0 spiro atoms. The number of nitrogens with zero attached hydrogens (tertiary/aromatic N) is 4. The van der Waals surface area contributed by atoms with Crippen LogP contribution in [-0.4, -0.2) is 40.3 Å². The van der Waals surface area contributed by atoms with Gasteiger partial charge in [-0.1, -0.05) is 37.3 Å².